The van der Waals surface area contributed by atoms with Gasteiger partial charge in [0.1, 0.15) is 5.75 Å². The number of rotatable bonds is 8. The minimum Gasteiger partial charge on any atom is -0.484 e. The lowest BCUT2D eigenvalue weighted by Crippen LogP contribution is -2.38. The molecule has 5 heteroatoms. The average Bonchev–Trinajstić information content (AvgIpc) is 2.62. The highest BCUT2D eigenvalue weighted by Gasteiger charge is 2.11. The van der Waals surface area contributed by atoms with E-state index < -0.39 is 0 Å². The van der Waals surface area contributed by atoms with Crippen molar-refractivity contribution in [3.63, 3.8) is 0 Å². The first kappa shape index (κ1) is 19.5. The van der Waals surface area contributed by atoms with Gasteiger partial charge >= 0.3 is 0 Å². The van der Waals surface area contributed by atoms with E-state index in [9.17, 15) is 9.59 Å². The number of hydrogen-bond donors (Lipinski definition) is 1. The summed E-state index contributed by atoms with van der Waals surface area (Å²) in [5.41, 5.74) is 3.39. The molecule has 0 aromatic heterocycles. The fraction of sp³-hybridized carbons (Fsp3) is 0.333. The molecular weight excluding hydrogens is 328 g/mol. The van der Waals surface area contributed by atoms with Crippen molar-refractivity contribution in [3.8, 4) is 5.75 Å². The molecule has 0 aliphatic heterocycles. The molecule has 0 aliphatic carbocycles. The molecule has 0 fully saturated rings. The van der Waals surface area contributed by atoms with Crippen molar-refractivity contribution < 1.29 is 14.3 Å². The highest BCUT2D eigenvalue weighted by molar-refractivity contribution is 5.77. The third-order valence-corrected chi connectivity index (χ3v) is 4.16. The number of carbonyl (C=O) groups excluding carboxylic acids is 2. The molecule has 2 aromatic rings. The Hall–Kier alpha value is -2.82. The molecule has 0 heterocycles. The van der Waals surface area contributed by atoms with Crippen LogP contribution in [0, 0.1) is 13.8 Å². The number of aryl methyl sites for hydroxylation is 2. The van der Waals surface area contributed by atoms with Crippen LogP contribution < -0.4 is 10.1 Å². The minimum absolute atomic E-state index is 0.0154. The molecule has 0 radical (unpaired) electrons. The number of nitrogens with zero attached hydrogens (tertiary/aromatic N) is 1. The number of hydrogen-bond acceptors (Lipinski definition) is 3. The Labute approximate surface area is 155 Å². The predicted molar refractivity (Wildman–Crippen MR) is 102 cm³/mol. The summed E-state index contributed by atoms with van der Waals surface area (Å²) in [5, 5.41) is 2.79. The van der Waals surface area contributed by atoms with E-state index in [4.69, 9.17) is 4.74 Å². The Bertz CT molecular complexity index is 741. The molecule has 0 bridgehead atoms. The average molecular weight is 354 g/mol. The third kappa shape index (κ3) is 6.24. The Balaban J connectivity index is 1.76. The maximum Gasteiger partial charge on any atom is 0.258 e. The van der Waals surface area contributed by atoms with Gasteiger partial charge in [-0.05, 0) is 37.1 Å². The highest BCUT2D eigenvalue weighted by Crippen LogP contribution is 2.11. The highest BCUT2D eigenvalue weighted by atomic mass is 16.5. The molecule has 138 valence electrons. The van der Waals surface area contributed by atoms with Gasteiger partial charge in [0, 0.05) is 26.6 Å². The molecule has 0 spiro atoms. The van der Waals surface area contributed by atoms with Gasteiger partial charge in [-0.25, -0.2) is 0 Å². The lowest BCUT2D eigenvalue weighted by molar-refractivity contribution is -0.130. The van der Waals surface area contributed by atoms with Gasteiger partial charge in [0.15, 0.2) is 6.61 Å². The van der Waals surface area contributed by atoms with Gasteiger partial charge in [-0.15, -0.1) is 0 Å². The van der Waals surface area contributed by atoms with Gasteiger partial charge in [-0.3, -0.25) is 9.59 Å². The Morgan fingerprint density at radius 2 is 1.73 bits per heavy atom. The van der Waals surface area contributed by atoms with Gasteiger partial charge < -0.3 is 15.0 Å². The van der Waals surface area contributed by atoms with Crippen molar-refractivity contribution in [2.24, 2.45) is 0 Å². The van der Waals surface area contributed by atoms with E-state index in [-0.39, 0.29) is 18.4 Å². The van der Waals surface area contributed by atoms with Crippen LogP contribution in [0.4, 0.5) is 0 Å². The van der Waals surface area contributed by atoms with Crippen LogP contribution in [-0.2, 0) is 16.1 Å². The minimum atomic E-state index is -0.204. The molecule has 0 saturated carbocycles. The number of benzene rings is 2. The molecular formula is C21H26N2O3. The molecule has 0 unspecified atom stereocenters. The van der Waals surface area contributed by atoms with Gasteiger partial charge in [0.25, 0.3) is 5.91 Å². The summed E-state index contributed by atoms with van der Waals surface area (Å²) in [6, 6.07) is 15.5. The van der Waals surface area contributed by atoms with E-state index in [0.29, 0.717) is 25.4 Å². The summed E-state index contributed by atoms with van der Waals surface area (Å²) < 4.78 is 5.45. The lowest BCUT2D eigenvalue weighted by Gasteiger charge is -2.22. The Morgan fingerprint density at radius 1 is 1.04 bits per heavy atom. The summed E-state index contributed by atoms with van der Waals surface area (Å²) in [4.78, 5) is 25.5. The topological polar surface area (TPSA) is 58.6 Å². The predicted octanol–water partition coefficient (Wildman–Crippen LogP) is 2.85. The van der Waals surface area contributed by atoms with Crippen LogP contribution in [0.5, 0.6) is 5.75 Å². The van der Waals surface area contributed by atoms with Crippen LogP contribution in [0.1, 0.15) is 23.6 Å². The zero-order valence-electron chi connectivity index (χ0n) is 15.6. The summed E-state index contributed by atoms with van der Waals surface area (Å²) in [7, 11) is 0. The van der Waals surface area contributed by atoms with E-state index in [1.807, 2.05) is 62.4 Å². The van der Waals surface area contributed by atoms with E-state index in [1.165, 1.54) is 0 Å². The molecule has 2 rings (SSSR count). The normalized spacial score (nSPS) is 10.3. The quantitative estimate of drug-likeness (QED) is 0.793. The summed E-state index contributed by atoms with van der Waals surface area (Å²) in [6.07, 6.45) is 0. The Kier molecular flexibility index (Phi) is 7.21. The monoisotopic (exact) mass is 354 g/mol. The van der Waals surface area contributed by atoms with Gasteiger partial charge in [-0.2, -0.15) is 0 Å². The van der Waals surface area contributed by atoms with E-state index in [1.54, 1.807) is 11.8 Å². The zero-order chi connectivity index (χ0) is 18.9. The van der Waals surface area contributed by atoms with E-state index >= 15 is 0 Å². The van der Waals surface area contributed by atoms with Gasteiger partial charge in [-0.1, -0.05) is 42.0 Å². The number of ether oxygens (including phenoxy) is 1. The molecule has 2 amide bonds. The SMILES string of the molecule is CC(=O)N(CCNC(=O)COc1ccc(C)cc1)Cc1ccccc1C. The van der Waals surface area contributed by atoms with Crippen LogP contribution in [0.2, 0.25) is 0 Å². The zero-order valence-corrected chi connectivity index (χ0v) is 15.6. The van der Waals surface area contributed by atoms with Crippen molar-refractivity contribution in [2.45, 2.75) is 27.3 Å². The first-order chi connectivity index (χ1) is 12.5. The maximum atomic E-state index is 11.9. The van der Waals surface area contributed by atoms with Gasteiger partial charge in [0.05, 0.1) is 0 Å². The smallest absolute Gasteiger partial charge is 0.258 e. The summed E-state index contributed by atoms with van der Waals surface area (Å²) >= 11 is 0. The largest absolute Gasteiger partial charge is 0.484 e. The molecule has 1 N–H and O–H groups in total. The second-order valence-corrected chi connectivity index (χ2v) is 6.32. The van der Waals surface area contributed by atoms with Crippen molar-refractivity contribution in [2.75, 3.05) is 19.7 Å². The molecule has 26 heavy (non-hydrogen) atoms. The summed E-state index contributed by atoms with van der Waals surface area (Å²) in [5.74, 6) is 0.444. The second kappa shape index (κ2) is 9.61. The Morgan fingerprint density at radius 3 is 2.38 bits per heavy atom. The van der Waals surface area contributed by atoms with Crippen molar-refractivity contribution >= 4 is 11.8 Å². The van der Waals surface area contributed by atoms with Crippen LogP contribution in [0.25, 0.3) is 0 Å². The summed E-state index contributed by atoms with van der Waals surface area (Å²) in [6.45, 7) is 6.91. The lowest BCUT2D eigenvalue weighted by atomic mass is 10.1. The maximum absolute atomic E-state index is 11.9. The number of nitrogens with one attached hydrogen (secondary N) is 1. The van der Waals surface area contributed by atoms with Crippen LogP contribution in [0.3, 0.4) is 0 Å². The van der Waals surface area contributed by atoms with Gasteiger partial charge in [0.2, 0.25) is 5.91 Å². The van der Waals surface area contributed by atoms with E-state index in [2.05, 4.69) is 5.32 Å². The number of amides is 2. The number of carbonyl (C=O) groups is 2. The second-order valence-electron chi connectivity index (χ2n) is 6.32. The van der Waals surface area contributed by atoms with Crippen LogP contribution in [-0.4, -0.2) is 36.4 Å². The van der Waals surface area contributed by atoms with Crippen molar-refractivity contribution in [3.05, 3.63) is 65.2 Å². The van der Waals surface area contributed by atoms with Crippen molar-refractivity contribution in [1.82, 2.24) is 10.2 Å². The van der Waals surface area contributed by atoms with Crippen LogP contribution >= 0.6 is 0 Å². The first-order valence-electron chi connectivity index (χ1n) is 8.72. The molecule has 2 aromatic carbocycles. The van der Waals surface area contributed by atoms with Crippen molar-refractivity contribution in [1.29, 1.82) is 0 Å². The first-order valence-corrected chi connectivity index (χ1v) is 8.72. The van der Waals surface area contributed by atoms with E-state index in [0.717, 1.165) is 16.7 Å². The molecule has 0 saturated heterocycles. The fourth-order valence-electron chi connectivity index (χ4n) is 2.51. The molecule has 0 atom stereocenters. The third-order valence-electron chi connectivity index (χ3n) is 4.16. The molecule has 0 aliphatic rings. The fourth-order valence-corrected chi connectivity index (χ4v) is 2.51. The molecule has 5 nitrogen and oxygen atoms in total. The standard InChI is InChI=1S/C21H26N2O3/c1-16-8-10-20(11-9-16)26-15-21(25)22-12-13-23(18(3)24)14-19-7-5-4-6-17(19)2/h4-11H,12-15H2,1-3H3,(H,22,25). The van der Waals surface area contributed by atoms with Crippen LogP contribution in [0.15, 0.2) is 48.5 Å².